The molecule has 10 heavy (non-hydrogen) atoms. The first-order chi connectivity index (χ1) is 4.18. The molecule has 0 radical (unpaired) electrons. The third-order valence-corrected chi connectivity index (χ3v) is 0.348. The summed E-state index contributed by atoms with van der Waals surface area (Å²) in [6, 6.07) is 0. The van der Waals surface area contributed by atoms with Crippen LogP contribution in [-0.2, 0) is 9.53 Å². The van der Waals surface area contributed by atoms with Crippen molar-refractivity contribution in [2.24, 2.45) is 0 Å². The second-order valence-corrected chi connectivity index (χ2v) is 1.24. The highest BCUT2D eigenvalue weighted by Crippen LogP contribution is 1.69. The van der Waals surface area contributed by atoms with E-state index < -0.39 is 0 Å². The zero-order chi connectivity index (χ0) is 7.70. The zero-order valence-corrected chi connectivity index (χ0v) is 7.40. The van der Waals surface area contributed by atoms with Crippen LogP contribution >= 0.6 is 12.4 Å². The van der Waals surface area contributed by atoms with E-state index in [4.69, 9.17) is 5.11 Å². The highest BCUT2D eigenvalue weighted by atomic mass is 35.5. The molecule has 0 rings (SSSR count). The van der Waals surface area contributed by atoms with E-state index in [0.29, 0.717) is 6.61 Å². The standard InChI is InChI=1S/C4H8O2.C2H6O.ClH/c1-3-6-4(2)5;1-2-3;/h3H2,1-2H3;3H,2H2,1H3;1H. The van der Waals surface area contributed by atoms with Gasteiger partial charge in [0.25, 0.3) is 0 Å². The monoisotopic (exact) mass is 170 g/mol. The Hall–Kier alpha value is -0.280. The van der Waals surface area contributed by atoms with Crippen molar-refractivity contribution in [2.75, 3.05) is 13.2 Å². The molecule has 0 spiro atoms. The molecule has 0 aromatic rings. The maximum atomic E-state index is 9.82. The van der Waals surface area contributed by atoms with Crippen molar-refractivity contribution < 1.29 is 14.6 Å². The summed E-state index contributed by atoms with van der Waals surface area (Å²) in [5.41, 5.74) is 0. The molecule has 0 aliphatic carbocycles. The van der Waals surface area contributed by atoms with Crippen LogP contribution in [0, 0.1) is 0 Å². The summed E-state index contributed by atoms with van der Waals surface area (Å²) in [4.78, 5) is 9.82. The summed E-state index contributed by atoms with van der Waals surface area (Å²) in [5.74, 6) is -0.211. The van der Waals surface area contributed by atoms with E-state index in [1.165, 1.54) is 6.92 Å². The van der Waals surface area contributed by atoms with Gasteiger partial charge in [0.15, 0.2) is 0 Å². The topological polar surface area (TPSA) is 46.5 Å². The number of aliphatic hydroxyl groups is 1. The zero-order valence-electron chi connectivity index (χ0n) is 6.59. The highest BCUT2D eigenvalue weighted by molar-refractivity contribution is 5.85. The van der Waals surface area contributed by atoms with E-state index in [9.17, 15) is 4.79 Å². The molecule has 0 saturated heterocycles. The molecule has 0 aliphatic rings. The molecule has 0 heterocycles. The predicted molar refractivity (Wildman–Crippen MR) is 42.3 cm³/mol. The first-order valence-corrected chi connectivity index (χ1v) is 2.93. The molecule has 0 aromatic heterocycles. The van der Waals surface area contributed by atoms with E-state index in [2.05, 4.69) is 4.74 Å². The maximum absolute atomic E-state index is 9.82. The van der Waals surface area contributed by atoms with Gasteiger partial charge in [-0.3, -0.25) is 4.79 Å². The van der Waals surface area contributed by atoms with Gasteiger partial charge in [-0.15, -0.1) is 12.4 Å². The molecule has 0 atom stereocenters. The first kappa shape index (κ1) is 16.4. The summed E-state index contributed by atoms with van der Waals surface area (Å²) in [6.07, 6.45) is 0. The molecule has 0 amide bonds. The Morgan fingerprint density at radius 1 is 1.50 bits per heavy atom. The number of halogens is 1. The van der Waals surface area contributed by atoms with Crippen molar-refractivity contribution in [3.8, 4) is 0 Å². The Morgan fingerprint density at radius 3 is 1.80 bits per heavy atom. The van der Waals surface area contributed by atoms with Crippen molar-refractivity contribution >= 4 is 18.4 Å². The van der Waals surface area contributed by atoms with Gasteiger partial charge >= 0.3 is 5.97 Å². The second kappa shape index (κ2) is 15.9. The number of carbonyl (C=O) groups excluding carboxylic acids is 1. The van der Waals surface area contributed by atoms with Crippen molar-refractivity contribution in [1.29, 1.82) is 0 Å². The lowest BCUT2D eigenvalue weighted by Gasteiger charge is -1.89. The normalized spacial score (nSPS) is 6.40. The van der Waals surface area contributed by atoms with Crippen molar-refractivity contribution in [1.82, 2.24) is 0 Å². The molecular formula is C6H15ClO3. The molecule has 0 fully saturated rings. The van der Waals surface area contributed by atoms with Gasteiger partial charge in [0, 0.05) is 13.5 Å². The van der Waals surface area contributed by atoms with E-state index >= 15 is 0 Å². The van der Waals surface area contributed by atoms with E-state index in [0.717, 1.165) is 0 Å². The largest absolute Gasteiger partial charge is 0.466 e. The average molecular weight is 171 g/mol. The van der Waals surface area contributed by atoms with E-state index in [1.807, 2.05) is 0 Å². The van der Waals surface area contributed by atoms with Gasteiger partial charge < -0.3 is 9.84 Å². The maximum Gasteiger partial charge on any atom is 0.302 e. The summed E-state index contributed by atoms with van der Waals surface area (Å²) in [6.45, 7) is 5.58. The first-order valence-electron chi connectivity index (χ1n) is 2.93. The van der Waals surface area contributed by atoms with Crippen LogP contribution in [0.5, 0.6) is 0 Å². The van der Waals surface area contributed by atoms with E-state index in [1.54, 1.807) is 13.8 Å². The summed E-state index contributed by atoms with van der Waals surface area (Å²) >= 11 is 0. The lowest BCUT2D eigenvalue weighted by molar-refractivity contribution is -0.140. The number of aliphatic hydroxyl groups excluding tert-OH is 1. The quantitative estimate of drug-likeness (QED) is 0.597. The molecule has 0 aromatic carbocycles. The van der Waals surface area contributed by atoms with Crippen molar-refractivity contribution in [3.63, 3.8) is 0 Å². The SMILES string of the molecule is CCO.CCOC(C)=O.Cl. The summed E-state index contributed by atoms with van der Waals surface area (Å²) in [7, 11) is 0. The fraction of sp³-hybridized carbons (Fsp3) is 0.833. The lowest BCUT2D eigenvalue weighted by atomic mass is 10.8. The molecule has 0 unspecified atom stereocenters. The van der Waals surface area contributed by atoms with Crippen LogP contribution in [0.2, 0.25) is 0 Å². The molecule has 0 aliphatic heterocycles. The average Bonchev–Trinajstić information content (AvgIpc) is 1.67. The van der Waals surface area contributed by atoms with Gasteiger partial charge in [-0.1, -0.05) is 0 Å². The fourth-order valence-electron chi connectivity index (χ4n) is 0.203. The van der Waals surface area contributed by atoms with Crippen LogP contribution in [0.1, 0.15) is 20.8 Å². The van der Waals surface area contributed by atoms with Crippen molar-refractivity contribution in [3.05, 3.63) is 0 Å². The number of carbonyl (C=O) groups is 1. The minimum absolute atomic E-state index is 0. The number of hydrogen-bond donors (Lipinski definition) is 1. The molecule has 4 heteroatoms. The van der Waals surface area contributed by atoms with Crippen LogP contribution in [0.3, 0.4) is 0 Å². The van der Waals surface area contributed by atoms with Gasteiger partial charge in [-0.25, -0.2) is 0 Å². The van der Waals surface area contributed by atoms with Gasteiger partial charge in [-0.2, -0.15) is 0 Å². The van der Waals surface area contributed by atoms with Crippen LogP contribution in [0.15, 0.2) is 0 Å². The number of rotatable bonds is 1. The third-order valence-electron chi connectivity index (χ3n) is 0.348. The molecule has 0 bridgehead atoms. The molecular weight excluding hydrogens is 156 g/mol. The number of esters is 1. The Kier molecular flexibility index (Phi) is 26.0. The highest BCUT2D eigenvalue weighted by Gasteiger charge is 1.81. The smallest absolute Gasteiger partial charge is 0.302 e. The minimum atomic E-state index is -0.211. The van der Waals surface area contributed by atoms with Crippen molar-refractivity contribution in [2.45, 2.75) is 20.8 Å². The van der Waals surface area contributed by atoms with Gasteiger partial charge in [0.05, 0.1) is 6.61 Å². The van der Waals surface area contributed by atoms with Gasteiger partial charge in [0.2, 0.25) is 0 Å². The predicted octanol–water partition coefficient (Wildman–Crippen LogP) is 0.990. The Morgan fingerprint density at radius 2 is 1.80 bits per heavy atom. The molecule has 0 saturated carbocycles. The lowest BCUT2D eigenvalue weighted by Crippen LogP contribution is -1.95. The van der Waals surface area contributed by atoms with Crippen LogP contribution in [0.4, 0.5) is 0 Å². The Balaban J connectivity index is -0.000000107. The van der Waals surface area contributed by atoms with Crippen LogP contribution in [-0.4, -0.2) is 24.3 Å². The van der Waals surface area contributed by atoms with Gasteiger partial charge in [-0.05, 0) is 13.8 Å². The van der Waals surface area contributed by atoms with Crippen LogP contribution < -0.4 is 0 Å². The molecule has 3 nitrogen and oxygen atoms in total. The van der Waals surface area contributed by atoms with E-state index in [-0.39, 0.29) is 25.0 Å². The number of hydrogen-bond acceptors (Lipinski definition) is 3. The van der Waals surface area contributed by atoms with Crippen LogP contribution in [0.25, 0.3) is 0 Å². The number of ether oxygens (including phenoxy) is 1. The molecule has 1 N–H and O–H groups in total. The van der Waals surface area contributed by atoms with Gasteiger partial charge in [0.1, 0.15) is 0 Å². The Bertz CT molecular complexity index is 66.0. The second-order valence-electron chi connectivity index (χ2n) is 1.24. The molecule has 64 valence electrons. The third kappa shape index (κ3) is 47.1. The summed E-state index contributed by atoms with van der Waals surface area (Å²) in [5, 5.41) is 7.57. The Labute approximate surface area is 67.8 Å². The summed E-state index contributed by atoms with van der Waals surface area (Å²) < 4.78 is 4.40. The fourth-order valence-corrected chi connectivity index (χ4v) is 0.203. The minimum Gasteiger partial charge on any atom is -0.466 e.